The number of rotatable bonds is 1. The second kappa shape index (κ2) is 4.92. The molecule has 96 valence electrons. The van der Waals surface area contributed by atoms with E-state index in [4.69, 9.17) is 23.8 Å². The predicted molar refractivity (Wildman–Crippen MR) is 90.9 cm³/mol. The third-order valence-corrected chi connectivity index (χ3v) is 4.34. The zero-order valence-electron chi connectivity index (χ0n) is 10.1. The van der Waals surface area contributed by atoms with Crippen LogP contribution in [0.3, 0.4) is 0 Å². The number of fused-ring (bicyclic) bond motifs is 1. The van der Waals surface area contributed by atoms with Gasteiger partial charge in [-0.3, -0.25) is 4.57 Å². The maximum absolute atomic E-state index is 6.35. The highest BCUT2D eigenvalue weighted by Crippen LogP contribution is 2.28. The summed E-state index contributed by atoms with van der Waals surface area (Å²) in [6.07, 6.45) is 0. The first kappa shape index (κ1) is 13.1. The zero-order valence-corrected chi connectivity index (χ0v) is 13.8. The van der Waals surface area contributed by atoms with Gasteiger partial charge in [-0.2, -0.15) is 0 Å². The van der Waals surface area contributed by atoms with Crippen LogP contribution in [0.25, 0.3) is 16.7 Å². The van der Waals surface area contributed by atoms with Crippen molar-refractivity contribution in [2.24, 2.45) is 0 Å². The molecule has 1 heterocycles. The Labute approximate surface area is 134 Å². The Bertz CT molecular complexity index is 835. The van der Waals surface area contributed by atoms with Crippen molar-refractivity contribution in [3.63, 3.8) is 0 Å². The number of hydrogen-bond acceptors (Lipinski definition) is 1. The van der Waals surface area contributed by atoms with E-state index in [0.29, 0.717) is 9.79 Å². The largest absolute Gasteiger partial charge is 0.330 e. The second-order valence-corrected chi connectivity index (χ2v) is 6.37. The number of aromatic amines is 1. The summed E-state index contributed by atoms with van der Waals surface area (Å²) in [7, 11) is 0. The van der Waals surface area contributed by atoms with E-state index in [1.165, 1.54) is 5.56 Å². The van der Waals surface area contributed by atoms with Crippen molar-refractivity contribution in [1.29, 1.82) is 0 Å². The molecule has 0 aliphatic rings. The molecule has 0 unspecified atom stereocenters. The molecule has 2 aromatic carbocycles. The molecule has 3 aromatic rings. The molecule has 19 heavy (non-hydrogen) atoms. The fourth-order valence-electron chi connectivity index (χ4n) is 2.18. The first-order valence-electron chi connectivity index (χ1n) is 5.73. The number of H-pyrrole nitrogens is 1. The molecule has 0 fully saturated rings. The van der Waals surface area contributed by atoms with Gasteiger partial charge in [0, 0.05) is 3.57 Å². The lowest BCUT2D eigenvalue weighted by atomic mass is 10.2. The number of aryl methyl sites for hydroxylation is 1. The minimum absolute atomic E-state index is 0.660. The normalized spacial score (nSPS) is 11.1. The molecule has 0 aliphatic carbocycles. The highest BCUT2D eigenvalue weighted by Gasteiger charge is 2.10. The molecular formula is C14H10ClIN2S. The maximum Gasteiger partial charge on any atom is 0.182 e. The van der Waals surface area contributed by atoms with Gasteiger partial charge < -0.3 is 4.98 Å². The summed E-state index contributed by atoms with van der Waals surface area (Å²) in [5, 5.41) is 0.699. The molecule has 0 aliphatic heterocycles. The van der Waals surface area contributed by atoms with Crippen LogP contribution in [0, 0.1) is 15.3 Å². The van der Waals surface area contributed by atoms with Crippen LogP contribution in [0.1, 0.15) is 5.56 Å². The lowest BCUT2D eigenvalue weighted by molar-refractivity contribution is 1.06. The lowest BCUT2D eigenvalue weighted by Gasteiger charge is -2.07. The predicted octanol–water partition coefficient (Wildman–Crippen LogP) is 5.25. The van der Waals surface area contributed by atoms with Gasteiger partial charge in [-0.25, -0.2) is 0 Å². The fourth-order valence-corrected chi connectivity index (χ4v) is 3.41. The fraction of sp³-hybridized carbons (Fsp3) is 0.0714. The molecule has 0 saturated heterocycles. The summed E-state index contributed by atoms with van der Waals surface area (Å²) >= 11 is 14.0. The molecule has 0 atom stereocenters. The molecule has 5 heteroatoms. The van der Waals surface area contributed by atoms with Crippen molar-refractivity contribution >= 4 is 57.4 Å². The van der Waals surface area contributed by atoms with E-state index in [1.807, 2.05) is 34.9 Å². The van der Waals surface area contributed by atoms with Crippen LogP contribution >= 0.6 is 46.4 Å². The van der Waals surface area contributed by atoms with E-state index in [2.05, 4.69) is 40.6 Å². The molecule has 0 spiro atoms. The molecule has 0 amide bonds. The van der Waals surface area contributed by atoms with Crippen LogP contribution in [-0.2, 0) is 0 Å². The average Bonchev–Trinajstić information content (AvgIpc) is 2.68. The number of hydrogen-bond donors (Lipinski definition) is 1. The Kier molecular flexibility index (Phi) is 3.41. The van der Waals surface area contributed by atoms with Gasteiger partial charge in [0.25, 0.3) is 0 Å². The van der Waals surface area contributed by atoms with Gasteiger partial charge in [-0.05, 0) is 71.6 Å². The number of benzene rings is 2. The Morgan fingerprint density at radius 3 is 2.79 bits per heavy atom. The molecular weight excluding hydrogens is 391 g/mol. The van der Waals surface area contributed by atoms with Gasteiger partial charge in [-0.1, -0.05) is 23.7 Å². The smallest absolute Gasteiger partial charge is 0.182 e. The van der Waals surface area contributed by atoms with Crippen molar-refractivity contribution in [3.05, 3.63) is 55.3 Å². The minimum Gasteiger partial charge on any atom is -0.330 e. The van der Waals surface area contributed by atoms with Crippen molar-refractivity contribution in [2.75, 3.05) is 0 Å². The number of aromatic nitrogens is 2. The summed E-state index contributed by atoms with van der Waals surface area (Å²) in [6, 6.07) is 12.1. The Balaban J connectivity index is 2.40. The highest BCUT2D eigenvalue weighted by molar-refractivity contribution is 14.1. The van der Waals surface area contributed by atoms with Gasteiger partial charge in [0.1, 0.15) is 0 Å². The SMILES string of the molecule is Cc1cccc2c1[nH]c(=S)n2-c1ccc(I)cc1Cl. The van der Waals surface area contributed by atoms with Crippen LogP contribution in [0.15, 0.2) is 36.4 Å². The molecule has 2 nitrogen and oxygen atoms in total. The van der Waals surface area contributed by atoms with E-state index in [-0.39, 0.29) is 0 Å². The summed E-state index contributed by atoms with van der Waals surface area (Å²) < 4.78 is 3.75. The van der Waals surface area contributed by atoms with E-state index in [1.54, 1.807) is 0 Å². The molecule has 1 N–H and O–H groups in total. The van der Waals surface area contributed by atoms with Gasteiger partial charge >= 0.3 is 0 Å². The molecule has 1 aromatic heterocycles. The summed E-state index contributed by atoms with van der Waals surface area (Å²) in [6.45, 7) is 2.06. The van der Waals surface area contributed by atoms with E-state index in [0.717, 1.165) is 20.3 Å². The average molecular weight is 401 g/mol. The van der Waals surface area contributed by atoms with Gasteiger partial charge in [-0.15, -0.1) is 0 Å². The molecule has 3 rings (SSSR count). The Morgan fingerprint density at radius 2 is 2.05 bits per heavy atom. The van der Waals surface area contributed by atoms with Gasteiger partial charge in [0.15, 0.2) is 4.77 Å². The zero-order chi connectivity index (χ0) is 13.6. The number of para-hydroxylation sites is 1. The standard InChI is InChI=1S/C14H10ClIN2S/c1-8-3-2-4-12-13(8)17-14(19)18(12)11-6-5-9(16)7-10(11)15/h2-7H,1H3,(H,17,19). The Hall–Kier alpha value is -0.850. The third-order valence-electron chi connectivity index (χ3n) is 3.08. The second-order valence-electron chi connectivity index (χ2n) is 4.33. The lowest BCUT2D eigenvalue weighted by Crippen LogP contribution is -1.95. The molecule has 0 saturated carbocycles. The molecule has 0 radical (unpaired) electrons. The van der Waals surface area contributed by atoms with Crippen molar-refractivity contribution in [1.82, 2.24) is 9.55 Å². The van der Waals surface area contributed by atoms with E-state index < -0.39 is 0 Å². The van der Waals surface area contributed by atoms with Crippen molar-refractivity contribution in [3.8, 4) is 5.69 Å². The molecule has 0 bridgehead atoms. The quantitative estimate of drug-likeness (QED) is 0.437. The van der Waals surface area contributed by atoms with Crippen LogP contribution < -0.4 is 0 Å². The maximum atomic E-state index is 6.35. The monoisotopic (exact) mass is 400 g/mol. The van der Waals surface area contributed by atoms with Crippen LogP contribution in [0.5, 0.6) is 0 Å². The number of imidazole rings is 1. The van der Waals surface area contributed by atoms with Crippen LogP contribution in [-0.4, -0.2) is 9.55 Å². The van der Waals surface area contributed by atoms with Crippen molar-refractivity contribution < 1.29 is 0 Å². The van der Waals surface area contributed by atoms with Gasteiger partial charge in [0.05, 0.1) is 21.7 Å². The Morgan fingerprint density at radius 1 is 1.26 bits per heavy atom. The summed E-state index contributed by atoms with van der Waals surface area (Å²) in [5.41, 5.74) is 4.18. The summed E-state index contributed by atoms with van der Waals surface area (Å²) in [5.74, 6) is 0. The van der Waals surface area contributed by atoms with Crippen LogP contribution in [0.2, 0.25) is 5.02 Å². The third kappa shape index (κ3) is 2.22. The minimum atomic E-state index is 0.660. The summed E-state index contributed by atoms with van der Waals surface area (Å²) in [4.78, 5) is 3.25. The topological polar surface area (TPSA) is 20.7 Å². The number of nitrogens with one attached hydrogen (secondary N) is 1. The van der Waals surface area contributed by atoms with E-state index >= 15 is 0 Å². The van der Waals surface area contributed by atoms with E-state index in [9.17, 15) is 0 Å². The number of nitrogens with zero attached hydrogens (tertiary/aromatic N) is 1. The van der Waals surface area contributed by atoms with Crippen LogP contribution in [0.4, 0.5) is 0 Å². The first-order chi connectivity index (χ1) is 9.08. The highest BCUT2D eigenvalue weighted by atomic mass is 127. The first-order valence-corrected chi connectivity index (χ1v) is 7.60. The van der Waals surface area contributed by atoms with Gasteiger partial charge in [0.2, 0.25) is 0 Å². The van der Waals surface area contributed by atoms with Crippen molar-refractivity contribution in [2.45, 2.75) is 6.92 Å². The number of halogens is 2.